The van der Waals surface area contributed by atoms with E-state index in [1.165, 1.54) is 7.11 Å². The smallest absolute Gasteiger partial charge is 0.293 e. The fourth-order valence-electron chi connectivity index (χ4n) is 1.76. The van der Waals surface area contributed by atoms with Crippen LogP contribution >= 0.6 is 0 Å². The molecule has 1 heterocycles. The molecule has 0 spiro atoms. The molecule has 0 radical (unpaired) electrons. The predicted molar refractivity (Wildman–Crippen MR) is 65.0 cm³/mol. The van der Waals surface area contributed by atoms with Gasteiger partial charge in [0.25, 0.3) is 5.56 Å². The zero-order valence-electron chi connectivity index (χ0n) is 9.14. The third-order valence-corrected chi connectivity index (χ3v) is 2.50. The first-order valence-corrected chi connectivity index (χ1v) is 5.05. The third kappa shape index (κ3) is 1.60. The number of aromatic nitrogens is 1. The molecule has 0 bridgehead atoms. The summed E-state index contributed by atoms with van der Waals surface area (Å²) >= 11 is 0. The maximum atomic E-state index is 12.0. The SMILES string of the molecule is C=CCn1c(=O)c(OC)cc2ccccc21. The molecule has 1 aromatic heterocycles. The minimum atomic E-state index is -0.124. The summed E-state index contributed by atoms with van der Waals surface area (Å²) in [5, 5.41) is 0.987. The van der Waals surface area contributed by atoms with Gasteiger partial charge in [-0.25, -0.2) is 0 Å². The highest BCUT2D eigenvalue weighted by Gasteiger charge is 2.07. The summed E-state index contributed by atoms with van der Waals surface area (Å²) < 4.78 is 6.73. The van der Waals surface area contributed by atoms with Crippen LogP contribution in [0.1, 0.15) is 0 Å². The number of benzene rings is 1. The van der Waals surface area contributed by atoms with E-state index in [2.05, 4.69) is 6.58 Å². The van der Waals surface area contributed by atoms with Crippen molar-refractivity contribution in [1.29, 1.82) is 0 Å². The van der Waals surface area contributed by atoms with Gasteiger partial charge in [0.2, 0.25) is 0 Å². The monoisotopic (exact) mass is 215 g/mol. The Kier molecular flexibility index (Phi) is 2.77. The minimum Gasteiger partial charge on any atom is -0.491 e. The van der Waals surface area contributed by atoms with E-state index in [9.17, 15) is 4.79 Å². The molecule has 0 aliphatic rings. The zero-order chi connectivity index (χ0) is 11.5. The molecule has 0 amide bonds. The number of hydrogen-bond acceptors (Lipinski definition) is 2. The van der Waals surface area contributed by atoms with Gasteiger partial charge in [-0.1, -0.05) is 24.3 Å². The maximum absolute atomic E-state index is 12.0. The highest BCUT2D eigenvalue weighted by atomic mass is 16.5. The molecule has 3 nitrogen and oxygen atoms in total. The zero-order valence-corrected chi connectivity index (χ0v) is 9.14. The van der Waals surface area contributed by atoms with Crippen molar-refractivity contribution < 1.29 is 4.74 Å². The lowest BCUT2D eigenvalue weighted by Gasteiger charge is -2.10. The van der Waals surface area contributed by atoms with Crippen molar-refractivity contribution >= 4 is 10.9 Å². The summed E-state index contributed by atoms with van der Waals surface area (Å²) in [6, 6.07) is 9.48. The molecule has 0 aliphatic carbocycles. The Hall–Kier alpha value is -2.03. The molecular formula is C13H13NO2. The van der Waals surface area contributed by atoms with E-state index in [0.717, 1.165) is 10.9 Å². The number of rotatable bonds is 3. The van der Waals surface area contributed by atoms with Crippen LogP contribution in [0.25, 0.3) is 10.9 Å². The summed E-state index contributed by atoms with van der Waals surface area (Å²) in [5.74, 6) is 0.362. The molecular weight excluding hydrogens is 202 g/mol. The molecule has 0 saturated heterocycles. The van der Waals surface area contributed by atoms with Gasteiger partial charge < -0.3 is 9.30 Å². The van der Waals surface area contributed by atoms with Gasteiger partial charge in [-0.2, -0.15) is 0 Å². The van der Waals surface area contributed by atoms with Crippen LogP contribution in [0.2, 0.25) is 0 Å². The van der Waals surface area contributed by atoms with Crippen LogP contribution in [-0.2, 0) is 6.54 Å². The molecule has 0 saturated carbocycles. The first kappa shape index (κ1) is 10.5. The molecule has 0 fully saturated rings. The molecule has 2 rings (SSSR count). The summed E-state index contributed by atoms with van der Waals surface area (Å²) in [7, 11) is 1.50. The average molecular weight is 215 g/mol. The fraction of sp³-hybridized carbons (Fsp3) is 0.154. The van der Waals surface area contributed by atoms with Crippen LogP contribution in [-0.4, -0.2) is 11.7 Å². The van der Waals surface area contributed by atoms with Crippen molar-refractivity contribution in [2.24, 2.45) is 0 Å². The Labute approximate surface area is 93.6 Å². The summed E-state index contributed by atoms with van der Waals surface area (Å²) in [4.78, 5) is 12.0. The van der Waals surface area contributed by atoms with Crippen LogP contribution in [0, 0.1) is 0 Å². The molecule has 0 unspecified atom stereocenters. The highest BCUT2D eigenvalue weighted by Crippen LogP contribution is 2.16. The number of hydrogen-bond donors (Lipinski definition) is 0. The molecule has 0 N–H and O–H groups in total. The van der Waals surface area contributed by atoms with Crippen LogP contribution in [0.3, 0.4) is 0 Å². The minimum absolute atomic E-state index is 0.124. The molecule has 0 aliphatic heterocycles. The van der Waals surface area contributed by atoms with E-state index in [4.69, 9.17) is 4.74 Å². The van der Waals surface area contributed by atoms with Crippen molar-refractivity contribution in [3.05, 3.63) is 53.3 Å². The van der Waals surface area contributed by atoms with E-state index in [1.54, 1.807) is 16.7 Å². The van der Waals surface area contributed by atoms with E-state index in [1.807, 2.05) is 24.3 Å². The molecule has 16 heavy (non-hydrogen) atoms. The molecule has 0 atom stereocenters. The van der Waals surface area contributed by atoms with Gasteiger partial charge in [0, 0.05) is 11.9 Å². The third-order valence-electron chi connectivity index (χ3n) is 2.50. The van der Waals surface area contributed by atoms with Gasteiger partial charge >= 0.3 is 0 Å². The lowest BCUT2D eigenvalue weighted by molar-refractivity contribution is 0.405. The molecule has 3 heteroatoms. The number of pyridine rings is 1. The van der Waals surface area contributed by atoms with Crippen molar-refractivity contribution in [1.82, 2.24) is 4.57 Å². The van der Waals surface area contributed by atoms with Crippen LogP contribution < -0.4 is 10.3 Å². The Morgan fingerprint density at radius 3 is 2.88 bits per heavy atom. The second kappa shape index (κ2) is 4.23. The van der Waals surface area contributed by atoms with Crippen LogP contribution in [0.4, 0.5) is 0 Å². The second-order valence-corrected chi connectivity index (χ2v) is 3.48. The maximum Gasteiger partial charge on any atom is 0.293 e. The second-order valence-electron chi connectivity index (χ2n) is 3.48. The largest absolute Gasteiger partial charge is 0.491 e. The first-order chi connectivity index (χ1) is 7.77. The van der Waals surface area contributed by atoms with Gasteiger partial charge in [0.15, 0.2) is 5.75 Å². The standard InChI is InChI=1S/C13H13NO2/c1-3-8-14-11-7-5-4-6-10(11)9-12(16-2)13(14)15/h3-7,9H,1,8H2,2H3. The number of para-hydroxylation sites is 1. The molecule has 82 valence electrons. The fourth-order valence-corrected chi connectivity index (χ4v) is 1.76. The van der Waals surface area contributed by atoms with Crippen LogP contribution in [0.15, 0.2) is 47.8 Å². The Balaban J connectivity index is 2.85. The Morgan fingerprint density at radius 2 is 2.19 bits per heavy atom. The molecule has 2 aromatic rings. The number of methoxy groups -OCH3 is 1. The lowest BCUT2D eigenvalue weighted by Crippen LogP contribution is -2.21. The predicted octanol–water partition coefficient (Wildman–Crippen LogP) is 2.20. The quantitative estimate of drug-likeness (QED) is 0.735. The molecule has 1 aromatic carbocycles. The van der Waals surface area contributed by atoms with Gasteiger partial charge in [0.05, 0.1) is 12.6 Å². The van der Waals surface area contributed by atoms with Crippen molar-refractivity contribution in [3.8, 4) is 5.75 Å². The summed E-state index contributed by atoms with van der Waals surface area (Å²) in [6.45, 7) is 4.14. The van der Waals surface area contributed by atoms with E-state index in [0.29, 0.717) is 12.3 Å². The van der Waals surface area contributed by atoms with E-state index < -0.39 is 0 Å². The normalized spacial score (nSPS) is 10.3. The number of allylic oxidation sites excluding steroid dienone is 1. The van der Waals surface area contributed by atoms with Crippen molar-refractivity contribution in [2.45, 2.75) is 6.54 Å². The summed E-state index contributed by atoms with van der Waals surface area (Å²) in [6.07, 6.45) is 1.70. The van der Waals surface area contributed by atoms with Gasteiger partial charge in [-0.05, 0) is 12.1 Å². The lowest BCUT2D eigenvalue weighted by atomic mass is 10.2. The Morgan fingerprint density at radius 1 is 1.44 bits per heavy atom. The summed E-state index contributed by atoms with van der Waals surface area (Å²) in [5.41, 5.74) is 0.773. The number of nitrogens with zero attached hydrogens (tertiary/aromatic N) is 1. The van der Waals surface area contributed by atoms with Crippen LogP contribution in [0.5, 0.6) is 5.75 Å². The number of fused-ring (bicyclic) bond motifs is 1. The topological polar surface area (TPSA) is 31.2 Å². The number of ether oxygens (including phenoxy) is 1. The highest BCUT2D eigenvalue weighted by molar-refractivity contribution is 5.80. The van der Waals surface area contributed by atoms with Gasteiger partial charge in [-0.15, -0.1) is 6.58 Å². The Bertz CT molecular complexity index is 584. The van der Waals surface area contributed by atoms with Crippen molar-refractivity contribution in [2.75, 3.05) is 7.11 Å². The average Bonchev–Trinajstić information content (AvgIpc) is 2.32. The first-order valence-electron chi connectivity index (χ1n) is 5.05. The van der Waals surface area contributed by atoms with Gasteiger partial charge in [-0.3, -0.25) is 4.79 Å². The van der Waals surface area contributed by atoms with E-state index >= 15 is 0 Å². The van der Waals surface area contributed by atoms with E-state index in [-0.39, 0.29) is 5.56 Å². The van der Waals surface area contributed by atoms with Gasteiger partial charge in [0.1, 0.15) is 0 Å². The van der Waals surface area contributed by atoms with Crippen molar-refractivity contribution in [3.63, 3.8) is 0 Å².